The van der Waals surface area contributed by atoms with Gasteiger partial charge >= 0.3 is 0 Å². The molecule has 1 saturated heterocycles. The number of likely N-dealkylation sites (tertiary alicyclic amines) is 1. The molecule has 1 heterocycles. The van der Waals surface area contributed by atoms with E-state index in [0.29, 0.717) is 12.4 Å². The first-order valence-electron chi connectivity index (χ1n) is 8.71. The Bertz CT molecular complexity index is 540. The molecule has 24 heavy (non-hydrogen) atoms. The fraction of sp³-hybridized carbons (Fsp3) is 0.611. The second-order valence-electron chi connectivity index (χ2n) is 6.71. The summed E-state index contributed by atoms with van der Waals surface area (Å²) in [5.74, 6) is 0.223. The van der Waals surface area contributed by atoms with Gasteiger partial charge in [-0.1, -0.05) is 0 Å². The molecule has 1 unspecified atom stereocenters. The van der Waals surface area contributed by atoms with Gasteiger partial charge in [0.25, 0.3) is 0 Å². The molecule has 132 valence electrons. The van der Waals surface area contributed by atoms with E-state index in [1.165, 1.54) is 12.1 Å². The van der Waals surface area contributed by atoms with E-state index in [1.807, 2.05) is 0 Å². The van der Waals surface area contributed by atoms with E-state index in [2.05, 4.69) is 10.2 Å². The Kier molecular flexibility index (Phi) is 5.68. The van der Waals surface area contributed by atoms with Gasteiger partial charge in [0.15, 0.2) is 0 Å². The maximum atomic E-state index is 12.8. The fourth-order valence-electron chi connectivity index (χ4n) is 3.04. The van der Waals surface area contributed by atoms with Crippen LogP contribution in [0.1, 0.15) is 25.7 Å². The van der Waals surface area contributed by atoms with Gasteiger partial charge in [-0.2, -0.15) is 0 Å². The smallest absolute Gasteiger partial charge is 0.249 e. The van der Waals surface area contributed by atoms with Crippen molar-refractivity contribution in [2.24, 2.45) is 5.92 Å². The zero-order valence-electron chi connectivity index (χ0n) is 13.8. The summed E-state index contributed by atoms with van der Waals surface area (Å²) in [5, 5.41) is 13.0. The van der Waals surface area contributed by atoms with E-state index in [0.717, 1.165) is 45.3 Å². The first kappa shape index (κ1) is 17.2. The molecular weight excluding hydrogens is 311 g/mol. The highest BCUT2D eigenvalue weighted by atomic mass is 19.1. The van der Waals surface area contributed by atoms with Gasteiger partial charge in [-0.25, -0.2) is 4.39 Å². The second kappa shape index (κ2) is 7.94. The Morgan fingerprint density at radius 2 is 1.92 bits per heavy atom. The summed E-state index contributed by atoms with van der Waals surface area (Å²) in [6, 6.07) is 6.30. The van der Waals surface area contributed by atoms with Gasteiger partial charge in [0, 0.05) is 12.6 Å². The molecule has 0 radical (unpaired) electrons. The lowest BCUT2D eigenvalue weighted by atomic mass is 9.90. The normalized spacial score (nSPS) is 20.6. The van der Waals surface area contributed by atoms with E-state index in [-0.39, 0.29) is 23.7 Å². The van der Waals surface area contributed by atoms with Gasteiger partial charge in [0.05, 0.1) is 0 Å². The fourth-order valence-corrected chi connectivity index (χ4v) is 3.04. The van der Waals surface area contributed by atoms with Crippen molar-refractivity contribution >= 4 is 5.91 Å². The minimum absolute atomic E-state index is 0.0398. The van der Waals surface area contributed by atoms with Crippen LogP contribution in [0.3, 0.4) is 0 Å². The minimum Gasteiger partial charge on any atom is -0.492 e. The molecular formula is C18H25FN2O3. The molecule has 0 bridgehead atoms. The van der Waals surface area contributed by atoms with Crippen molar-refractivity contribution in [3.8, 4) is 5.75 Å². The number of halogens is 1. The average molecular weight is 336 g/mol. The maximum absolute atomic E-state index is 12.8. The zero-order chi connectivity index (χ0) is 16.9. The van der Waals surface area contributed by atoms with Crippen LogP contribution in [0.25, 0.3) is 0 Å². The van der Waals surface area contributed by atoms with Gasteiger partial charge in [-0.05, 0) is 69.0 Å². The highest BCUT2D eigenvalue weighted by Crippen LogP contribution is 2.23. The predicted molar refractivity (Wildman–Crippen MR) is 88.2 cm³/mol. The van der Waals surface area contributed by atoms with Gasteiger partial charge in [0.2, 0.25) is 5.91 Å². The first-order valence-corrected chi connectivity index (χ1v) is 8.71. The molecule has 1 aliphatic heterocycles. The zero-order valence-corrected chi connectivity index (χ0v) is 13.8. The number of carbonyl (C=O) groups excluding carboxylic acids is 1. The number of carbonyl (C=O) groups is 1. The number of hydrogen-bond acceptors (Lipinski definition) is 4. The molecule has 1 atom stereocenters. The number of ether oxygens (including phenoxy) is 1. The summed E-state index contributed by atoms with van der Waals surface area (Å²) >= 11 is 0. The molecule has 6 heteroatoms. The average Bonchev–Trinajstić information content (AvgIpc) is 3.40. The first-order chi connectivity index (χ1) is 11.6. The van der Waals surface area contributed by atoms with Crippen molar-refractivity contribution in [1.82, 2.24) is 10.2 Å². The van der Waals surface area contributed by atoms with Gasteiger partial charge in [-0.15, -0.1) is 0 Å². The highest BCUT2D eigenvalue weighted by molar-refractivity contribution is 5.81. The van der Waals surface area contributed by atoms with Crippen molar-refractivity contribution in [3.63, 3.8) is 0 Å². The third-order valence-electron chi connectivity index (χ3n) is 4.76. The van der Waals surface area contributed by atoms with Crippen LogP contribution in [-0.4, -0.2) is 54.3 Å². The molecule has 5 nitrogen and oxygen atoms in total. The summed E-state index contributed by atoms with van der Waals surface area (Å²) in [5.41, 5.74) is 0. The van der Waals surface area contributed by atoms with Crippen molar-refractivity contribution < 1.29 is 19.0 Å². The van der Waals surface area contributed by atoms with E-state index in [9.17, 15) is 14.3 Å². The van der Waals surface area contributed by atoms with Crippen LogP contribution in [0, 0.1) is 11.7 Å². The molecule has 1 aromatic rings. The third-order valence-corrected chi connectivity index (χ3v) is 4.76. The van der Waals surface area contributed by atoms with Crippen molar-refractivity contribution in [3.05, 3.63) is 30.1 Å². The summed E-state index contributed by atoms with van der Waals surface area (Å²) in [6.07, 6.45) is 2.81. The summed E-state index contributed by atoms with van der Waals surface area (Å²) in [6.45, 7) is 3.03. The lowest BCUT2D eigenvalue weighted by Gasteiger charge is -2.33. The van der Waals surface area contributed by atoms with Crippen LogP contribution in [0.5, 0.6) is 5.75 Å². The molecule has 3 rings (SSSR count). The SMILES string of the molecule is O=C(NC1CC1)C(O)C1CCN(CCOc2ccc(F)cc2)CC1. The number of nitrogens with one attached hydrogen (secondary N) is 1. The molecule has 2 aliphatic rings. The molecule has 2 N–H and O–H groups in total. The summed E-state index contributed by atoms with van der Waals surface area (Å²) < 4.78 is 18.4. The number of aliphatic hydroxyl groups is 1. The standard InChI is InChI=1S/C18H25FN2O3/c19-14-1-5-16(6-2-14)24-12-11-21-9-7-13(8-10-21)17(22)18(23)20-15-3-4-15/h1-2,5-6,13,15,17,22H,3-4,7-12H2,(H,20,23). The van der Waals surface area contributed by atoms with Gasteiger partial charge < -0.3 is 15.2 Å². The van der Waals surface area contributed by atoms with Crippen LogP contribution >= 0.6 is 0 Å². The lowest BCUT2D eigenvalue weighted by Crippen LogP contribution is -2.45. The third kappa shape index (κ3) is 4.92. The number of amides is 1. The lowest BCUT2D eigenvalue weighted by molar-refractivity contribution is -0.133. The van der Waals surface area contributed by atoms with Crippen LogP contribution in [0.2, 0.25) is 0 Å². The topological polar surface area (TPSA) is 61.8 Å². The molecule has 1 aliphatic carbocycles. The number of hydrogen-bond donors (Lipinski definition) is 2. The molecule has 0 spiro atoms. The van der Waals surface area contributed by atoms with Crippen molar-refractivity contribution in [2.75, 3.05) is 26.2 Å². The number of piperidine rings is 1. The van der Waals surface area contributed by atoms with Crippen LogP contribution in [0.15, 0.2) is 24.3 Å². The number of benzene rings is 1. The van der Waals surface area contributed by atoms with E-state index in [4.69, 9.17) is 4.74 Å². The number of aliphatic hydroxyl groups excluding tert-OH is 1. The van der Waals surface area contributed by atoms with Gasteiger partial charge in [-0.3, -0.25) is 9.69 Å². The molecule has 1 aromatic carbocycles. The quantitative estimate of drug-likeness (QED) is 0.793. The molecule has 1 amide bonds. The minimum atomic E-state index is -0.886. The maximum Gasteiger partial charge on any atom is 0.249 e. The summed E-state index contributed by atoms with van der Waals surface area (Å²) in [7, 11) is 0. The highest BCUT2D eigenvalue weighted by Gasteiger charge is 2.32. The van der Waals surface area contributed by atoms with Crippen LogP contribution in [0.4, 0.5) is 4.39 Å². The molecule has 1 saturated carbocycles. The Hall–Kier alpha value is -1.66. The van der Waals surface area contributed by atoms with Crippen molar-refractivity contribution in [2.45, 2.75) is 37.8 Å². The largest absolute Gasteiger partial charge is 0.492 e. The Morgan fingerprint density at radius 1 is 1.25 bits per heavy atom. The number of rotatable bonds is 7. The molecule has 2 fully saturated rings. The van der Waals surface area contributed by atoms with E-state index >= 15 is 0 Å². The summed E-state index contributed by atoms with van der Waals surface area (Å²) in [4.78, 5) is 14.2. The Morgan fingerprint density at radius 3 is 2.54 bits per heavy atom. The predicted octanol–water partition coefficient (Wildman–Crippen LogP) is 1.56. The Labute approximate surface area is 141 Å². The van der Waals surface area contributed by atoms with E-state index in [1.54, 1.807) is 12.1 Å². The second-order valence-corrected chi connectivity index (χ2v) is 6.71. The van der Waals surface area contributed by atoms with E-state index < -0.39 is 6.10 Å². The molecule has 0 aromatic heterocycles. The monoisotopic (exact) mass is 336 g/mol. The number of nitrogens with zero attached hydrogens (tertiary/aromatic N) is 1. The van der Waals surface area contributed by atoms with Crippen LogP contribution < -0.4 is 10.1 Å². The Balaban J connectivity index is 1.34. The van der Waals surface area contributed by atoms with Crippen LogP contribution in [-0.2, 0) is 4.79 Å². The van der Waals surface area contributed by atoms with Crippen molar-refractivity contribution in [1.29, 1.82) is 0 Å². The van der Waals surface area contributed by atoms with Gasteiger partial charge in [0.1, 0.15) is 24.3 Å².